The van der Waals surface area contributed by atoms with E-state index in [4.69, 9.17) is 17.0 Å². The predicted octanol–water partition coefficient (Wildman–Crippen LogP) is 3.69. The van der Waals surface area contributed by atoms with Crippen molar-refractivity contribution in [3.05, 3.63) is 38.9 Å². The van der Waals surface area contributed by atoms with Crippen LogP contribution in [0.15, 0.2) is 23.0 Å². The molecule has 1 saturated carbocycles. The molecule has 0 spiro atoms. The molecule has 2 heterocycles. The Kier molecular flexibility index (Phi) is 5.92. The molecule has 28 heavy (non-hydrogen) atoms. The second-order valence-electron chi connectivity index (χ2n) is 7.90. The van der Waals surface area contributed by atoms with E-state index >= 15 is 0 Å². The second-order valence-corrected chi connectivity index (χ2v) is 8.29. The van der Waals surface area contributed by atoms with Crippen molar-refractivity contribution in [3.8, 4) is 0 Å². The maximum atomic E-state index is 12.9. The summed E-state index contributed by atoms with van der Waals surface area (Å²) >= 11 is 5.41. The zero-order valence-corrected chi connectivity index (χ0v) is 16.9. The summed E-state index contributed by atoms with van der Waals surface area (Å²) in [5.41, 5.74) is 1.02. The van der Waals surface area contributed by atoms with Crippen molar-refractivity contribution < 1.29 is 9.53 Å². The van der Waals surface area contributed by atoms with Gasteiger partial charge >= 0.3 is 0 Å². The fourth-order valence-corrected chi connectivity index (χ4v) is 4.51. The quantitative estimate of drug-likeness (QED) is 0.605. The molecule has 1 atom stereocenters. The summed E-state index contributed by atoms with van der Waals surface area (Å²) in [5.74, 6) is -0.0864. The van der Waals surface area contributed by atoms with Gasteiger partial charge in [-0.1, -0.05) is 25.7 Å². The van der Waals surface area contributed by atoms with E-state index in [1.165, 1.54) is 25.7 Å². The fourth-order valence-electron chi connectivity index (χ4n) is 4.25. The number of amides is 1. The first-order valence-corrected chi connectivity index (χ1v) is 10.7. The lowest BCUT2D eigenvalue weighted by Gasteiger charge is -2.16. The Morgan fingerprint density at radius 2 is 1.96 bits per heavy atom. The molecule has 1 saturated heterocycles. The second kappa shape index (κ2) is 8.57. The summed E-state index contributed by atoms with van der Waals surface area (Å²) in [6.45, 7) is 1.21. The van der Waals surface area contributed by atoms with Crippen LogP contribution in [0.2, 0.25) is 0 Å². The number of hydrogen-bond acceptors (Lipinski definition) is 4. The average Bonchev–Trinajstić information content (AvgIpc) is 3.07. The van der Waals surface area contributed by atoms with Crippen LogP contribution in [0.3, 0.4) is 0 Å². The third-order valence-corrected chi connectivity index (χ3v) is 6.17. The minimum Gasteiger partial charge on any atom is -0.376 e. The number of aromatic nitrogens is 2. The Balaban J connectivity index is 1.57. The third kappa shape index (κ3) is 4.20. The lowest BCUT2D eigenvalue weighted by atomic mass is 10.1. The summed E-state index contributed by atoms with van der Waals surface area (Å²) in [4.78, 5) is 28.7. The highest BCUT2D eigenvalue weighted by molar-refractivity contribution is 7.71. The number of carbonyl (C=O) groups excluding carboxylic acids is 1. The Morgan fingerprint density at radius 1 is 1.18 bits per heavy atom. The molecule has 6 nitrogen and oxygen atoms in total. The van der Waals surface area contributed by atoms with Crippen LogP contribution in [0, 0.1) is 4.77 Å². The van der Waals surface area contributed by atoms with Crippen molar-refractivity contribution in [2.75, 3.05) is 6.61 Å². The fraction of sp³-hybridized carbons (Fsp3) is 0.571. The van der Waals surface area contributed by atoms with Crippen molar-refractivity contribution in [2.24, 2.45) is 0 Å². The molecule has 1 aromatic heterocycles. The Labute approximate surface area is 169 Å². The molecule has 1 unspecified atom stereocenters. The lowest BCUT2D eigenvalue weighted by Crippen LogP contribution is -2.34. The van der Waals surface area contributed by atoms with E-state index in [9.17, 15) is 9.59 Å². The van der Waals surface area contributed by atoms with Gasteiger partial charge in [0.2, 0.25) is 0 Å². The number of ether oxygens (including phenoxy) is 1. The summed E-state index contributed by atoms with van der Waals surface area (Å²) in [7, 11) is 0. The monoisotopic (exact) mass is 401 g/mol. The van der Waals surface area contributed by atoms with Crippen LogP contribution < -0.4 is 10.9 Å². The zero-order chi connectivity index (χ0) is 19.5. The van der Waals surface area contributed by atoms with E-state index in [0.717, 1.165) is 32.3 Å². The Hall–Kier alpha value is -1.99. The molecular formula is C21H27N3O3S. The van der Waals surface area contributed by atoms with E-state index in [2.05, 4.69) is 10.3 Å². The van der Waals surface area contributed by atoms with Gasteiger partial charge in [-0.05, 0) is 56.1 Å². The molecule has 2 aromatic rings. The standard InChI is InChI=1S/C21H27N3O3S/c25-19(22-15-6-3-1-2-4-7-15)14-9-10-17-18(12-14)23-21(28)24(20(17)26)13-16-8-5-11-27-16/h9-10,12,15-16H,1-8,11,13H2,(H,22,25)(H,23,28). The largest absolute Gasteiger partial charge is 0.376 e. The first-order chi connectivity index (χ1) is 13.6. The van der Waals surface area contributed by atoms with E-state index < -0.39 is 0 Å². The number of carbonyl (C=O) groups is 1. The van der Waals surface area contributed by atoms with E-state index in [-0.39, 0.29) is 23.6 Å². The SMILES string of the molecule is O=C(NC1CCCCCC1)c1ccc2c(=O)n(CC3CCCO3)c(=S)[nH]c2c1. The lowest BCUT2D eigenvalue weighted by molar-refractivity contribution is 0.0933. The van der Waals surface area contributed by atoms with Gasteiger partial charge in [0.15, 0.2) is 4.77 Å². The number of hydrogen-bond donors (Lipinski definition) is 2. The first-order valence-electron chi connectivity index (χ1n) is 10.3. The van der Waals surface area contributed by atoms with Gasteiger partial charge in [-0.3, -0.25) is 14.2 Å². The van der Waals surface area contributed by atoms with Gasteiger partial charge in [0.05, 0.1) is 23.6 Å². The van der Waals surface area contributed by atoms with Crippen molar-refractivity contribution in [1.29, 1.82) is 0 Å². The number of aromatic amines is 1. The molecule has 2 N–H and O–H groups in total. The van der Waals surface area contributed by atoms with Gasteiger partial charge in [-0.2, -0.15) is 0 Å². The van der Waals surface area contributed by atoms with Gasteiger partial charge in [-0.25, -0.2) is 0 Å². The molecule has 150 valence electrons. The summed E-state index contributed by atoms with van der Waals surface area (Å²) < 4.78 is 7.58. The van der Waals surface area contributed by atoms with Crippen LogP contribution in [0.1, 0.15) is 61.7 Å². The van der Waals surface area contributed by atoms with E-state index in [0.29, 0.717) is 27.8 Å². The number of nitrogens with one attached hydrogen (secondary N) is 2. The summed E-state index contributed by atoms with van der Waals surface area (Å²) in [6.07, 6.45) is 8.90. The number of fused-ring (bicyclic) bond motifs is 1. The highest BCUT2D eigenvalue weighted by Crippen LogP contribution is 2.19. The van der Waals surface area contributed by atoms with Gasteiger partial charge in [0.25, 0.3) is 11.5 Å². The first kappa shape index (κ1) is 19.3. The minimum absolute atomic E-state index is 0.0369. The maximum Gasteiger partial charge on any atom is 0.262 e. The molecule has 4 rings (SSSR count). The van der Waals surface area contributed by atoms with Crippen LogP contribution in [0.25, 0.3) is 10.9 Å². The molecule has 1 aromatic carbocycles. The highest BCUT2D eigenvalue weighted by Gasteiger charge is 2.19. The average molecular weight is 402 g/mol. The smallest absolute Gasteiger partial charge is 0.262 e. The molecule has 1 amide bonds. The van der Waals surface area contributed by atoms with Crippen molar-refractivity contribution in [1.82, 2.24) is 14.9 Å². The highest BCUT2D eigenvalue weighted by atomic mass is 32.1. The molecule has 2 aliphatic rings. The normalized spacial score (nSPS) is 20.9. The maximum absolute atomic E-state index is 12.9. The molecule has 1 aliphatic heterocycles. The van der Waals surface area contributed by atoms with E-state index in [1.54, 1.807) is 22.8 Å². The number of H-pyrrole nitrogens is 1. The summed E-state index contributed by atoms with van der Waals surface area (Å²) in [5, 5.41) is 3.69. The van der Waals surface area contributed by atoms with Crippen molar-refractivity contribution >= 4 is 29.0 Å². The predicted molar refractivity (Wildman–Crippen MR) is 111 cm³/mol. The molecule has 2 fully saturated rings. The summed E-state index contributed by atoms with van der Waals surface area (Å²) in [6, 6.07) is 5.42. The van der Waals surface area contributed by atoms with Gasteiger partial charge in [0.1, 0.15) is 0 Å². The topological polar surface area (TPSA) is 76.1 Å². The van der Waals surface area contributed by atoms with Crippen LogP contribution in [-0.4, -0.2) is 34.2 Å². The molecule has 0 radical (unpaired) electrons. The van der Waals surface area contributed by atoms with Crippen LogP contribution in [0.5, 0.6) is 0 Å². The van der Waals surface area contributed by atoms with Gasteiger partial charge in [0, 0.05) is 18.2 Å². The number of nitrogens with zero attached hydrogens (tertiary/aromatic N) is 1. The Bertz CT molecular complexity index is 967. The van der Waals surface area contributed by atoms with E-state index in [1.807, 2.05) is 0 Å². The van der Waals surface area contributed by atoms with Gasteiger partial charge < -0.3 is 15.0 Å². The van der Waals surface area contributed by atoms with Crippen LogP contribution in [0.4, 0.5) is 0 Å². The molecular weight excluding hydrogens is 374 g/mol. The van der Waals surface area contributed by atoms with Crippen LogP contribution >= 0.6 is 12.2 Å². The molecule has 1 aliphatic carbocycles. The van der Waals surface area contributed by atoms with Crippen molar-refractivity contribution in [2.45, 2.75) is 70.1 Å². The molecule has 7 heteroatoms. The molecule has 0 bridgehead atoms. The zero-order valence-electron chi connectivity index (χ0n) is 16.0. The van der Waals surface area contributed by atoms with Crippen LogP contribution in [-0.2, 0) is 11.3 Å². The third-order valence-electron chi connectivity index (χ3n) is 5.84. The van der Waals surface area contributed by atoms with Crippen molar-refractivity contribution in [3.63, 3.8) is 0 Å². The Morgan fingerprint density at radius 3 is 2.68 bits per heavy atom. The number of rotatable bonds is 4. The number of benzene rings is 1. The minimum atomic E-state index is -0.134. The van der Waals surface area contributed by atoms with Gasteiger partial charge in [-0.15, -0.1) is 0 Å².